The molecule has 3 nitrogen and oxygen atoms in total. The summed E-state index contributed by atoms with van der Waals surface area (Å²) in [6.07, 6.45) is 4.30. The summed E-state index contributed by atoms with van der Waals surface area (Å²) in [4.78, 5) is 0. The molecule has 3 rings (SSSR count). The molecule has 1 atom stereocenters. The zero-order valence-corrected chi connectivity index (χ0v) is 13.6. The van der Waals surface area contributed by atoms with Crippen molar-refractivity contribution in [3.05, 3.63) is 64.7 Å². The third-order valence-corrected chi connectivity index (χ3v) is 4.19. The molecule has 0 aliphatic carbocycles. The van der Waals surface area contributed by atoms with Crippen LogP contribution in [0.1, 0.15) is 22.7 Å². The van der Waals surface area contributed by atoms with Crippen molar-refractivity contribution in [1.82, 2.24) is 5.32 Å². The van der Waals surface area contributed by atoms with Gasteiger partial charge in [0, 0.05) is 12.1 Å². The van der Waals surface area contributed by atoms with E-state index >= 15 is 0 Å². The summed E-state index contributed by atoms with van der Waals surface area (Å²) in [6.45, 7) is 0.795. The van der Waals surface area contributed by atoms with Gasteiger partial charge in [-0.05, 0) is 35.7 Å². The minimum atomic E-state index is -0.847. The number of halogens is 2. The van der Waals surface area contributed by atoms with Crippen LogP contribution in [0.5, 0.6) is 11.5 Å². The molecule has 126 valence electrons. The van der Waals surface area contributed by atoms with Gasteiger partial charge in [-0.25, -0.2) is 8.78 Å². The Bertz CT molecular complexity index is 774. The number of hydrogen-bond acceptors (Lipinski definition) is 3. The zero-order chi connectivity index (χ0) is 17.1. The van der Waals surface area contributed by atoms with Crippen LogP contribution in [-0.2, 0) is 6.42 Å². The van der Waals surface area contributed by atoms with E-state index in [-0.39, 0.29) is 11.6 Å². The fraction of sp³-hybridized carbons (Fsp3) is 0.263. The molecular weight excluding hydrogens is 312 g/mol. The van der Waals surface area contributed by atoms with Crippen LogP contribution in [0.3, 0.4) is 0 Å². The zero-order valence-electron chi connectivity index (χ0n) is 13.6. The molecule has 24 heavy (non-hydrogen) atoms. The van der Waals surface area contributed by atoms with Crippen LogP contribution in [0, 0.1) is 11.6 Å². The number of ether oxygens (including phenoxy) is 2. The van der Waals surface area contributed by atoms with Gasteiger partial charge >= 0.3 is 0 Å². The highest BCUT2D eigenvalue weighted by molar-refractivity contribution is 5.55. The van der Waals surface area contributed by atoms with Crippen LogP contribution in [0.4, 0.5) is 8.78 Å². The number of nitrogens with one attached hydrogen (secondary N) is 1. The Labute approximate surface area is 139 Å². The SMILES string of the molecule is COc1cc2c(cc1OC)C(C=Cc1cccc(F)c1F)NCC2. The lowest BCUT2D eigenvalue weighted by Crippen LogP contribution is -2.28. The molecule has 5 heteroatoms. The minimum absolute atomic E-state index is 0.101. The lowest BCUT2D eigenvalue weighted by Gasteiger charge is -2.26. The molecule has 0 bridgehead atoms. The largest absolute Gasteiger partial charge is 0.493 e. The van der Waals surface area contributed by atoms with Gasteiger partial charge in [-0.1, -0.05) is 24.3 Å². The molecule has 1 unspecified atom stereocenters. The molecule has 1 heterocycles. The monoisotopic (exact) mass is 331 g/mol. The van der Waals surface area contributed by atoms with E-state index in [9.17, 15) is 8.78 Å². The third-order valence-electron chi connectivity index (χ3n) is 4.19. The molecule has 0 spiro atoms. The van der Waals surface area contributed by atoms with E-state index in [1.54, 1.807) is 26.4 Å². The highest BCUT2D eigenvalue weighted by atomic mass is 19.2. The fourth-order valence-electron chi connectivity index (χ4n) is 2.94. The van der Waals surface area contributed by atoms with Crippen LogP contribution in [-0.4, -0.2) is 20.8 Å². The average molecular weight is 331 g/mol. The molecule has 1 aliphatic rings. The van der Waals surface area contributed by atoms with E-state index in [2.05, 4.69) is 5.32 Å². The standard InChI is InChI=1S/C19H19F2NO2/c1-23-17-10-13-8-9-22-16(14(13)11-18(17)24-2)7-6-12-4-3-5-15(20)19(12)21/h3-7,10-11,16,22H,8-9H2,1-2H3. The van der Waals surface area contributed by atoms with Crippen LogP contribution < -0.4 is 14.8 Å². The molecular formula is C19H19F2NO2. The Morgan fingerprint density at radius 1 is 1.12 bits per heavy atom. The van der Waals surface area contributed by atoms with Crippen LogP contribution in [0.2, 0.25) is 0 Å². The van der Waals surface area contributed by atoms with E-state index in [4.69, 9.17) is 9.47 Å². The summed E-state index contributed by atoms with van der Waals surface area (Å²) >= 11 is 0. The predicted octanol–water partition coefficient (Wildman–Crippen LogP) is 3.88. The van der Waals surface area contributed by atoms with Gasteiger partial charge in [-0.15, -0.1) is 0 Å². The topological polar surface area (TPSA) is 30.5 Å². The maximum Gasteiger partial charge on any atom is 0.166 e. The van der Waals surface area contributed by atoms with Gasteiger partial charge in [0.2, 0.25) is 0 Å². The lowest BCUT2D eigenvalue weighted by atomic mass is 9.93. The molecule has 0 amide bonds. The van der Waals surface area contributed by atoms with Crippen molar-refractivity contribution in [1.29, 1.82) is 0 Å². The van der Waals surface area contributed by atoms with Crippen LogP contribution in [0.25, 0.3) is 6.08 Å². The molecule has 0 aromatic heterocycles. The van der Waals surface area contributed by atoms with E-state index in [1.807, 2.05) is 18.2 Å². The van der Waals surface area contributed by atoms with Crippen LogP contribution in [0.15, 0.2) is 36.4 Å². The first-order chi connectivity index (χ1) is 11.6. The maximum atomic E-state index is 13.8. The summed E-state index contributed by atoms with van der Waals surface area (Å²) < 4.78 is 37.8. The second-order valence-corrected chi connectivity index (χ2v) is 5.59. The van der Waals surface area contributed by atoms with Gasteiger partial charge in [0.15, 0.2) is 23.1 Å². The summed E-state index contributed by atoms with van der Waals surface area (Å²) in [7, 11) is 3.20. The van der Waals surface area contributed by atoms with Gasteiger partial charge in [0.05, 0.1) is 20.3 Å². The van der Waals surface area contributed by atoms with Gasteiger partial charge < -0.3 is 14.8 Å². The van der Waals surface area contributed by atoms with Crippen molar-refractivity contribution in [3.8, 4) is 11.5 Å². The number of hydrogen-bond donors (Lipinski definition) is 1. The van der Waals surface area contributed by atoms with Gasteiger partial charge in [0.25, 0.3) is 0 Å². The maximum absolute atomic E-state index is 13.8. The molecule has 0 radical (unpaired) electrons. The Balaban J connectivity index is 1.94. The molecule has 0 fully saturated rings. The van der Waals surface area contributed by atoms with Crippen molar-refractivity contribution in [3.63, 3.8) is 0 Å². The normalized spacial score (nSPS) is 16.9. The Morgan fingerprint density at radius 3 is 2.62 bits per heavy atom. The Kier molecular flexibility index (Phi) is 4.81. The highest BCUT2D eigenvalue weighted by Gasteiger charge is 2.21. The van der Waals surface area contributed by atoms with Crippen LogP contribution >= 0.6 is 0 Å². The molecule has 2 aromatic rings. The van der Waals surface area contributed by atoms with E-state index in [1.165, 1.54) is 6.07 Å². The van der Waals surface area contributed by atoms with Crippen molar-refractivity contribution in [2.45, 2.75) is 12.5 Å². The molecule has 2 aromatic carbocycles. The third kappa shape index (κ3) is 3.12. The lowest BCUT2D eigenvalue weighted by molar-refractivity contribution is 0.353. The van der Waals surface area contributed by atoms with Gasteiger partial charge in [0.1, 0.15) is 0 Å². The predicted molar refractivity (Wildman–Crippen MR) is 89.4 cm³/mol. The second kappa shape index (κ2) is 7.01. The fourth-order valence-corrected chi connectivity index (χ4v) is 2.94. The average Bonchev–Trinajstić information content (AvgIpc) is 2.61. The minimum Gasteiger partial charge on any atom is -0.493 e. The number of methoxy groups -OCH3 is 2. The van der Waals surface area contributed by atoms with Crippen molar-refractivity contribution in [2.75, 3.05) is 20.8 Å². The van der Waals surface area contributed by atoms with Crippen molar-refractivity contribution in [2.24, 2.45) is 0 Å². The van der Waals surface area contributed by atoms with E-state index < -0.39 is 11.6 Å². The molecule has 0 saturated carbocycles. The molecule has 1 aliphatic heterocycles. The Hall–Kier alpha value is -2.40. The first-order valence-corrected chi connectivity index (χ1v) is 7.74. The number of fused-ring (bicyclic) bond motifs is 1. The number of rotatable bonds is 4. The van der Waals surface area contributed by atoms with Gasteiger partial charge in [-0.3, -0.25) is 0 Å². The first kappa shape index (κ1) is 16.5. The second-order valence-electron chi connectivity index (χ2n) is 5.59. The quantitative estimate of drug-likeness (QED) is 0.922. The summed E-state index contributed by atoms with van der Waals surface area (Å²) in [6, 6.07) is 7.95. The van der Waals surface area contributed by atoms with E-state index in [0.717, 1.165) is 30.2 Å². The Morgan fingerprint density at radius 2 is 1.88 bits per heavy atom. The van der Waals surface area contributed by atoms with Crippen molar-refractivity contribution < 1.29 is 18.3 Å². The smallest absolute Gasteiger partial charge is 0.166 e. The number of benzene rings is 2. The summed E-state index contributed by atoms with van der Waals surface area (Å²) in [5.74, 6) is -0.343. The van der Waals surface area contributed by atoms with Gasteiger partial charge in [-0.2, -0.15) is 0 Å². The summed E-state index contributed by atoms with van der Waals surface area (Å²) in [5.41, 5.74) is 2.43. The van der Waals surface area contributed by atoms with E-state index in [0.29, 0.717) is 11.5 Å². The van der Waals surface area contributed by atoms with Crippen molar-refractivity contribution >= 4 is 6.08 Å². The molecule has 0 saturated heterocycles. The first-order valence-electron chi connectivity index (χ1n) is 7.74. The molecule has 1 N–H and O–H groups in total. The summed E-state index contributed by atoms with van der Waals surface area (Å²) in [5, 5.41) is 3.37. The highest BCUT2D eigenvalue weighted by Crippen LogP contribution is 2.35.